The van der Waals surface area contributed by atoms with Gasteiger partial charge in [-0.2, -0.15) is 0 Å². The fourth-order valence-electron chi connectivity index (χ4n) is 2.87. The number of aromatic amines is 1. The maximum atomic E-state index is 12.4. The van der Waals surface area contributed by atoms with Crippen LogP contribution in [0.15, 0.2) is 28.9 Å². The summed E-state index contributed by atoms with van der Waals surface area (Å²) in [6.07, 6.45) is 2.51. The molecule has 6 nitrogen and oxygen atoms in total. The Kier molecular flexibility index (Phi) is 3.79. The van der Waals surface area contributed by atoms with Crippen molar-refractivity contribution in [1.82, 2.24) is 15.0 Å². The van der Waals surface area contributed by atoms with Gasteiger partial charge in [0.05, 0.1) is 11.8 Å². The molecule has 1 aliphatic rings. The van der Waals surface area contributed by atoms with Gasteiger partial charge in [0.1, 0.15) is 11.5 Å². The van der Waals surface area contributed by atoms with Crippen molar-refractivity contribution in [3.8, 4) is 0 Å². The Morgan fingerprint density at radius 1 is 1.57 bits per heavy atom. The molecule has 0 unspecified atom stereocenters. The van der Waals surface area contributed by atoms with Crippen LogP contribution >= 0.6 is 0 Å². The number of hydrogen-bond acceptors (Lipinski definition) is 4. The summed E-state index contributed by atoms with van der Waals surface area (Å²) < 4.78 is 10.8. The van der Waals surface area contributed by atoms with Crippen molar-refractivity contribution in [2.45, 2.75) is 19.4 Å². The fraction of sp³-hybridized carbons (Fsp3) is 0.467. The average Bonchev–Trinajstić information content (AvgIpc) is 3.19. The Hall–Kier alpha value is -2.08. The van der Waals surface area contributed by atoms with Crippen molar-refractivity contribution in [3.05, 3.63) is 41.5 Å². The molecule has 0 bridgehead atoms. The first kappa shape index (κ1) is 13.9. The van der Waals surface area contributed by atoms with E-state index in [2.05, 4.69) is 10.1 Å². The molecule has 2 aromatic rings. The number of rotatable bonds is 4. The minimum absolute atomic E-state index is 0.0123. The summed E-state index contributed by atoms with van der Waals surface area (Å²) >= 11 is 0. The number of amides is 1. The zero-order valence-corrected chi connectivity index (χ0v) is 12.2. The standard InChI is InChI=1S/C15H19N3O3/c1-10-6-12(21-17-10)7-11-8-18(9-14(11)20-2)15(19)13-4-3-5-16-13/h3-6,11,14,16H,7-9H2,1-2H3/t11-,14+/m1/s1. The third kappa shape index (κ3) is 2.85. The van der Waals surface area contributed by atoms with Crippen LogP contribution in [0.3, 0.4) is 0 Å². The SMILES string of the molecule is CO[C@H]1CN(C(=O)c2ccc[nH]2)C[C@H]1Cc1cc(C)no1. The van der Waals surface area contributed by atoms with Crippen LogP contribution < -0.4 is 0 Å². The number of aromatic nitrogens is 2. The number of methoxy groups -OCH3 is 1. The summed E-state index contributed by atoms with van der Waals surface area (Å²) in [6.45, 7) is 3.17. The third-order valence-corrected chi connectivity index (χ3v) is 3.94. The molecular weight excluding hydrogens is 270 g/mol. The molecule has 2 aromatic heterocycles. The fourth-order valence-corrected chi connectivity index (χ4v) is 2.87. The van der Waals surface area contributed by atoms with E-state index in [1.165, 1.54) is 0 Å². The van der Waals surface area contributed by atoms with E-state index in [0.717, 1.165) is 17.9 Å². The van der Waals surface area contributed by atoms with E-state index in [-0.39, 0.29) is 17.9 Å². The minimum Gasteiger partial charge on any atom is -0.379 e. The number of nitrogens with zero attached hydrogens (tertiary/aromatic N) is 2. The Balaban J connectivity index is 1.69. The zero-order valence-electron chi connectivity index (χ0n) is 12.2. The maximum absolute atomic E-state index is 12.4. The molecule has 0 spiro atoms. The van der Waals surface area contributed by atoms with Gasteiger partial charge >= 0.3 is 0 Å². The van der Waals surface area contributed by atoms with Gasteiger partial charge in [0, 0.05) is 44.8 Å². The second-order valence-corrected chi connectivity index (χ2v) is 5.47. The van der Waals surface area contributed by atoms with Crippen molar-refractivity contribution in [2.75, 3.05) is 20.2 Å². The molecule has 1 aliphatic heterocycles. The quantitative estimate of drug-likeness (QED) is 0.929. The van der Waals surface area contributed by atoms with Crippen LogP contribution in [0.5, 0.6) is 0 Å². The van der Waals surface area contributed by atoms with Crippen LogP contribution in [0.2, 0.25) is 0 Å². The van der Waals surface area contributed by atoms with Gasteiger partial charge in [0.15, 0.2) is 0 Å². The van der Waals surface area contributed by atoms with E-state index in [4.69, 9.17) is 9.26 Å². The summed E-state index contributed by atoms with van der Waals surface area (Å²) in [7, 11) is 1.69. The summed E-state index contributed by atoms with van der Waals surface area (Å²) in [6, 6.07) is 5.55. The zero-order chi connectivity index (χ0) is 14.8. The number of nitrogens with one attached hydrogen (secondary N) is 1. The number of hydrogen-bond donors (Lipinski definition) is 1. The van der Waals surface area contributed by atoms with Crippen molar-refractivity contribution >= 4 is 5.91 Å². The van der Waals surface area contributed by atoms with Crippen LogP contribution in [0.25, 0.3) is 0 Å². The van der Waals surface area contributed by atoms with Crippen LogP contribution in [-0.2, 0) is 11.2 Å². The Morgan fingerprint density at radius 3 is 3.05 bits per heavy atom. The largest absolute Gasteiger partial charge is 0.379 e. The van der Waals surface area contributed by atoms with E-state index in [1.807, 2.05) is 24.0 Å². The van der Waals surface area contributed by atoms with Crippen molar-refractivity contribution in [3.63, 3.8) is 0 Å². The lowest BCUT2D eigenvalue weighted by molar-refractivity contribution is 0.0669. The summed E-state index contributed by atoms with van der Waals surface area (Å²) in [4.78, 5) is 17.2. The first-order valence-electron chi connectivity index (χ1n) is 7.05. The molecule has 1 fully saturated rings. The lowest BCUT2D eigenvalue weighted by Gasteiger charge is -2.14. The van der Waals surface area contributed by atoms with Crippen LogP contribution in [-0.4, -0.2) is 47.3 Å². The number of ether oxygens (including phenoxy) is 1. The second-order valence-electron chi connectivity index (χ2n) is 5.47. The van der Waals surface area contributed by atoms with E-state index in [1.54, 1.807) is 19.4 Å². The molecule has 0 aliphatic carbocycles. The Morgan fingerprint density at radius 2 is 2.43 bits per heavy atom. The number of likely N-dealkylation sites (tertiary alicyclic amines) is 1. The van der Waals surface area contributed by atoms with Gasteiger partial charge in [-0.1, -0.05) is 5.16 Å². The van der Waals surface area contributed by atoms with Crippen molar-refractivity contribution < 1.29 is 14.1 Å². The van der Waals surface area contributed by atoms with Crippen LogP contribution in [0, 0.1) is 12.8 Å². The highest BCUT2D eigenvalue weighted by atomic mass is 16.5. The summed E-state index contributed by atoms with van der Waals surface area (Å²) in [5.74, 6) is 1.08. The minimum atomic E-state index is 0.0123. The van der Waals surface area contributed by atoms with Crippen LogP contribution in [0.1, 0.15) is 21.9 Å². The lowest BCUT2D eigenvalue weighted by atomic mass is 10.0. The molecule has 1 N–H and O–H groups in total. The molecule has 1 saturated heterocycles. The number of aryl methyl sites for hydroxylation is 1. The van der Waals surface area contributed by atoms with E-state index < -0.39 is 0 Å². The maximum Gasteiger partial charge on any atom is 0.270 e. The van der Waals surface area contributed by atoms with Gasteiger partial charge in [-0.15, -0.1) is 0 Å². The highest BCUT2D eigenvalue weighted by Gasteiger charge is 2.36. The molecule has 0 aromatic carbocycles. The molecule has 6 heteroatoms. The normalized spacial score (nSPS) is 21.9. The summed E-state index contributed by atoms with van der Waals surface area (Å²) in [5, 5.41) is 3.90. The molecular formula is C15H19N3O3. The average molecular weight is 289 g/mol. The molecule has 1 amide bonds. The number of carbonyl (C=O) groups excluding carboxylic acids is 1. The van der Waals surface area contributed by atoms with Gasteiger partial charge in [-0.3, -0.25) is 4.79 Å². The van der Waals surface area contributed by atoms with Crippen LogP contribution in [0.4, 0.5) is 0 Å². The topological polar surface area (TPSA) is 71.4 Å². The molecule has 21 heavy (non-hydrogen) atoms. The molecule has 3 rings (SSSR count). The van der Waals surface area contributed by atoms with Crippen molar-refractivity contribution in [2.24, 2.45) is 5.92 Å². The smallest absolute Gasteiger partial charge is 0.270 e. The van der Waals surface area contributed by atoms with E-state index in [9.17, 15) is 4.79 Å². The predicted molar refractivity (Wildman–Crippen MR) is 75.9 cm³/mol. The second kappa shape index (κ2) is 5.73. The predicted octanol–water partition coefficient (Wildman–Crippen LogP) is 1.64. The Labute approximate surface area is 123 Å². The number of carbonyl (C=O) groups is 1. The summed E-state index contributed by atoms with van der Waals surface area (Å²) in [5.41, 5.74) is 1.48. The highest BCUT2D eigenvalue weighted by Crippen LogP contribution is 2.25. The van der Waals surface area contributed by atoms with Gasteiger partial charge in [0.2, 0.25) is 0 Å². The van der Waals surface area contributed by atoms with Gasteiger partial charge < -0.3 is 19.1 Å². The first-order chi connectivity index (χ1) is 10.2. The van der Waals surface area contributed by atoms with Gasteiger partial charge in [-0.05, 0) is 19.1 Å². The first-order valence-corrected chi connectivity index (χ1v) is 7.05. The molecule has 0 radical (unpaired) electrons. The van der Waals surface area contributed by atoms with E-state index in [0.29, 0.717) is 18.8 Å². The molecule has 2 atom stereocenters. The lowest BCUT2D eigenvalue weighted by Crippen LogP contribution is -2.30. The Bertz CT molecular complexity index is 605. The highest BCUT2D eigenvalue weighted by molar-refractivity contribution is 5.92. The van der Waals surface area contributed by atoms with Gasteiger partial charge in [0.25, 0.3) is 5.91 Å². The molecule has 112 valence electrons. The van der Waals surface area contributed by atoms with Crippen molar-refractivity contribution in [1.29, 1.82) is 0 Å². The van der Waals surface area contributed by atoms with Gasteiger partial charge in [-0.25, -0.2) is 0 Å². The molecule has 0 saturated carbocycles. The molecule has 3 heterocycles. The number of H-pyrrole nitrogens is 1. The van der Waals surface area contributed by atoms with E-state index >= 15 is 0 Å². The monoisotopic (exact) mass is 289 g/mol. The third-order valence-electron chi connectivity index (χ3n) is 3.94.